The van der Waals surface area contributed by atoms with Crippen LogP contribution in [0.2, 0.25) is 5.02 Å². The highest BCUT2D eigenvalue weighted by atomic mass is 35.5. The van der Waals surface area contributed by atoms with Gasteiger partial charge in [0.05, 0.1) is 4.90 Å². The molecule has 0 aliphatic rings. The standard InChI is InChI=1S/C17H18ClFN2O3S/c1-21(12-13-4-2-3-5-16(13)19)17(22)10-11-20-25(23,24)15-8-6-14(18)7-9-15/h2-9,20H,10-12H2,1H3. The predicted molar refractivity (Wildman–Crippen MR) is 94.1 cm³/mol. The van der Waals surface area contributed by atoms with Crippen LogP contribution in [-0.4, -0.2) is 32.8 Å². The van der Waals surface area contributed by atoms with Crippen LogP contribution >= 0.6 is 11.6 Å². The van der Waals surface area contributed by atoms with Crippen molar-refractivity contribution < 1.29 is 17.6 Å². The number of carbonyl (C=O) groups is 1. The van der Waals surface area contributed by atoms with Gasteiger partial charge in [0, 0.05) is 37.1 Å². The summed E-state index contributed by atoms with van der Waals surface area (Å²) in [5, 5.41) is 0.434. The molecule has 0 atom stereocenters. The summed E-state index contributed by atoms with van der Waals surface area (Å²) in [6.07, 6.45) is -0.0300. The molecular weight excluding hydrogens is 367 g/mol. The number of carbonyl (C=O) groups excluding carboxylic acids is 1. The van der Waals surface area contributed by atoms with Crippen molar-refractivity contribution in [1.82, 2.24) is 9.62 Å². The number of hydrogen-bond donors (Lipinski definition) is 1. The summed E-state index contributed by atoms with van der Waals surface area (Å²) in [6, 6.07) is 11.9. The van der Waals surface area contributed by atoms with Crippen LogP contribution in [0.4, 0.5) is 4.39 Å². The van der Waals surface area contributed by atoms with Crippen molar-refractivity contribution >= 4 is 27.5 Å². The van der Waals surface area contributed by atoms with E-state index in [0.29, 0.717) is 10.6 Å². The molecule has 0 radical (unpaired) electrons. The van der Waals surface area contributed by atoms with Gasteiger partial charge in [-0.15, -0.1) is 0 Å². The lowest BCUT2D eigenvalue weighted by Crippen LogP contribution is -2.32. The molecule has 0 aliphatic heterocycles. The maximum atomic E-state index is 13.6. The van der Waals surface area contributed by atoms with Crippen LogP contribution in [0.1, 0.15) is 12.0 Å². The molecule has 134 valence electrons. The molecule has 0 spiro atoms. The van der Waals surface area contributed by atoms with Crippen LogP contribution in [0, 0.1) is 5.82 Å². The molecule has 0 fully saturated rings. The first kappa shape index (κ1) is 19.4. The number of halogens is 2. The minimum atomic E-state index is -3.70. The third-order valence-electron chi connectivity index (χ3n) is 3.55. The Labute approximate surface area is 151 Å². The summed E-state index contributed by atoms with van der Waals surface area (Å²) in [4.78, 5) is 13.5. The van der Waals surface area contributed by atoms with E-state index in [-0.39, 0.29) is 36.1 Å². The van der Waals surface area contributed by atoms with Gasteiger partial charge in [0.25, 0.3) is 0 Å². The smallest absolute Gasteiger partial charge is 0.240 e. The maximum Gasteiger partial charge on any atom is 0.240 e. The van der Waals surface area contributed by atoms with Gasteiger partial charge in [-0.05, 0) is 30.3 Å². The average molecular weight is 385 g/mol. The summed E-state index contributed by atoms with van der Waals surface area (Å²) in [6.45, 7) is 0.0703. The fourth-order valence-electron chi connectivity index (χ4n) is 2.15. The third kappa shape index (κ3) is 5.52. The quantitative estimate of drug-likeness (QED) is 0.798. The Morgan fingerprint density at radius 3 is 2.44 bits per heavy atom. The lowest BCUT2D eigenvalue weighted by molar-refractivity contribution is -0.130. The van der Waals surface area contributed by atoms with Crippen molar-refractivity contribution in [2.24, 2.45) is 0 Å². The Bertz CT molecular complexity index is 841. The normalized spacial score (nSPS) is 11.3. The molecule has 0 saturated carbocycles. The van der Waals surface area contributed by atoms with Gasteiger partial charge in [0.15, 0.2) is 0 Å². The summed E-state index contributed by atoms with van der Waals surface area (Å²) in [5.74, 6) is -0.673. The largest absolute Gasteiger partial charge is 0.341 e. The average Bonchev–Trinajstić information content (AvgIpc) is 2.57. The number of rotatable bonds is 7. The van der Waals surface area contributed by atoms with Crippen LogP contribution in [0.3, 0.4) is 0 Å². The van der Waals surface area contributed by atoms with E-state index in [4.69, 9.17) is 11.6 Å². The minimum absolute atomic E-state index is 0.0300. The fourth-order valence-corrected chi connectivity index (χ4v) is 3.31. The number of hydrogen-bond acceptors (Lipinski definition) is 3. The monoisotopic (exact) mass is 384 g/mol. The number of sulfonamides is 1. The van der Waals surface area contributed by atoms with Crippen LogP contribution in [-0.2, 0) is 21.4 Å². The molecule has 0 aliphatic carbocycles. The second-order valence-electron chi connectivity index (χ2n) is 5.44. The van der Waals surface area contributed by atoms with Crippen LogP contribution in [0.5, 0.6) is 0 Å². The summed E-state index contributed by atoms with van der Waals surface area (Å²) < 4.78 is 40.2. The van der Waals surface area contributed by atoms with E-state index < -0.39 is 10.0 Å². The Balaban J connectivity index is 1.87. The molecule has 25 heavy (non-hydrogen) atoms. The van der Waals surface area contributed by atoms with Crippen molar-refractivity contribution in [2.45, 2.75) is 17.9 Å². The molecule has 1 N–H and O–H groups in total. The minimum Gasteiger partial charge on any atom is -0.341 e. The van der Waals surface area contributed by atoms with E-state index in [0.717, 1.165) is 0 Å². The van der Waals surface area contributed by atoms with E-state index in [1.54, 1.807) is 25.2 Å². The molecule has 0 bridgehead atoms. The van der Waals surface area contributed by atoms with Crippen molar-refractivity contribution in [1.29, 1.82) is 0 Å². The van der Waals surface area contributed by atoms with E-state index >= 15 is 0 Å². The van der Waals surface area contributed by atoms with E-state index in [9.17, 15) is 17.6 Å². The first-order valence-corrected chi connectivity index (χ1v) is 9.38. The van der Waals surface area contributed by atoms with Gasteiger partial charge in [0.2, 0.25) is 15.9 Å². The highest BCUT2D eigenvalue weighted by Crippen LogP contribution is 2.14. The van der Waals surface area contributed by atoms with Gasteiger partial charge >= 0.3 is 0 Å². The number of nitrogens with zero attached hydrogens (tertiary/aromatic N) is 1. The Hall–Kier alpha value is -1.96. The lowest BCUT2D eigenvalue weighted by atomic mass is 10.2. The van der Waals surface area contributed by atoms with Gasteiger partial charge < -0.3 is 4.90 Å². The van der Waals surface area contributed by atoms with Gasteiger partial charge in [-0.3, -0.25) is 4.79 Å². The molecule has 8 heteroatoms. The van der Waals surface area contributed by atoms with Gasteiger partial charge in [-0.1, -0.05) is 29.8 Å². The number of nitrogens with one attached hydrogen (secondary N) is 1. The second kappa shape index (κ2) is 8.42. The topological polar surface area (TPSA) is 66.5 Å². The second-order valence-corrected chi connectivity index (χ2v) is 7.65. The Morgan fingerprint density at radius 1 is 1.16 bits per heavy atom. The molecule has 1 amide bonds. The molecule has 0 saturated heterocycles. The van der Waals surface area contributed by atoms with E-state index in [1.807, 2.05) is 0 Å². The zero-order valence-corrected chi connectivity index (χ0v) is 15.1. The summed E-state index contributed by atoms with van der Waals surface area (Å²) >= 11 is 5.73. The van der Waals surface area contributed by atoms with Crippen LogP contribution < -0.4 is 4.72 Å². The van der Waals surface area contributed by atoms with Crippen molar-refractivity contribution in [2.75, 3.05) is 13.6 Å². The molecule has 2 rings (SSSR count). The highest BCUT2D eigenvalue weighted by molar-refractivity contribution is 7.89. The van der Waals surface area contributed by atoms with Gasteiger partial charge in [-0.2, -0.15) is 0 Å². The van der Waals surface area contributed by atoms with Gasteiger partial charge in [0.1, 0.15) is 5.82 Å². The van der Waals surface area contributed by atoms with Crippen LogP contribution in [0.15, 0.2) is 53.4 Å². The molecule has 0 heterocycles. The first-order chi connectivity index (χ1) is 11.8. The van der Waals surface area contributed by atoms with Crippen LogP contribution in [0.25, 0.3) is 0 Å². The molecule has 5 nitrogen and oxygen atoms in total. The molecule has 0 aromatic heterocycles. The molecule has 2 aromatic rings. The predicted octanol–water partition coefficient (Wildman–Crippen LogP) is 2.81. The molecular formula is C17H18ClFN2O3S. The third-order valence-corrected chi connectivity index (χ3v) is 5.27. The molecule has 0 unspecified atom stereocenters. The van der Waals surface area contributed by atoms with Crippen molar-refractivity contribution in [3.05, 3.63) is 64.9 Å². The van der Waals surface area contributed by atoms with Crippen molar-refractivity contribution in [3.63, 3.8) is 0 Å². The zero-order chi connectivity index (χ0) is 18.4. The van der Waals surface area contributed by atoms with E-state index in [1.165, 1.54) is 35.2 Å². The number of benzene rings is 2. The highest BCUT2D eigenvalue weighted by Gasteiger charge is 2.16. The maximum absolute atomic E-state index is 13.6. The number of amides is 1. The van der Waals surface area contributed by atoms with Crippen molar-refractivity contribution in [3.8, 4) is 0 Å². The van der Waals surface area contributed by atoms with Gasteiger partial charge in [-0.25, -0.2) is 17.5 Å². The zero-order valence-electron chi connectivity index (χ0n) is 13.6. The van der Waals surface area contributed by atoms with E-state index in [2.05, 4.69) is 4.72 Å². The lowest BCUT2D eigenvalue weighted by Gasteiger charge is -2.18. The fraction of sp³-hybridized carbons (Fsp3) is 0.235. The first-order valence-electron chi connectivity index (χ1n) is 7.52. The SMILES string of the molecule is CN(Cc1ccccc1F)C(=O)CCNS(=O)(=O)c1ccc(Cl)cc1. The summed E-state index contributed by atoms with van der Waals surface area (Å²) in [5.41, 5.74) is 0.403. The molecule has 2 aromatic carbocycles. The Morgan fingerprint density at radius 2 is 1.80 bits per heavy atom. The Kier molecular flexibility index (Phi) is 6.52. The summed E-state index contributed by atoms with van der Waals surface area (Å²) in [7, 11) is -2.16.